The summed E-state index contributed by atoms with van der Waals surface area (Å²) < 4.78 is 101. The van der Waals surface area contributed by atoms with Crippen molar-refractivity contribution in [2.24, 2.45) is 0 Å². The van der Waals surface area contributed by atoms with Gasteiger partial charge in [0, 0.05) is 0 Å². The Balaban J connectivity index is 1.94. The molecule has 1 aromatic rings. The third-order valence-corrected chi connectivity index (χ3v) is 4.08. The van der Waals surface area contributed by atoms with E-state index >= 15 is 0 Å². The highest BCUT2D eigenvalue weighted by atomic mass is 19.2. The molecule has 14 heteroatoms. The summed E-state index contributed by atoms with van der Waals surface area (Å²) in [5.41, 5.74) is 0. The average molecular weight is 532 g/mol. The van der Waals surface area contributed by atoms with Crippen LogP contribution in [0.5, 0.6) is 5.75 Å². The molecule has 0 saturated carbocycles. The highest BCUT2D eigenvalue weighted by Crippen LogP contribution is 2.29. The third kappa shape index (κ3) is 12.5. The Morgan fingerprint density at radius 3 is 1.25 bits per heavy atom. The van der Waals surface area contributed by atoms with E-state index < -0.39 is 47.2 Å². The fourth-order valence-electron chi connectivity index (χ4n) is 2.37. The molecule has 0 bridgehead atoms. The van der Waals surface area contributed by atoms with E-state index in [4.69, 9.17) is 28.4 Å². The summed E-state index contributed by atoms with van der Waals surface area (Å²) in [6.07, 6.45) is -0.293. The van der Waals surface area contributed by atoms with Crippen molar-refractivity contribution in [1.29, 1.82) is 0 Å². The zero-order valence-electron chi connectivity index (χ0n) is 19.8. The highest BCUT2D eigenvalue weighted by molar-refractivity contribution is 5.72. The monoisotopic (exact) mass is 532 g/mol. The minimum absolute atomic E-state index is 0.0785. The molecule has 206 valence electrons. The van der Waals surface area contributed by atoms with E-state index in [-0.39, 0.29) is 45.4 Å². The number of ether oxygens (including phenoxy) is 7. The molecule has 0 N–H and O–H groups in total. The largest absolute Gasteiger partial charge is 0.466 e. The fourth-order valence-corrected chi connectivity index (χ4v) is 2.37. The minimum Gasteiger partial charge on any atom is -0.466 e. The molecule has 36 heavy (non-hydrogen) atoms. The van der Waals surface area contributed by atoms with Crippen molar-refractivity contribution < 1.29 is 64.7 Å². The molecule has 0 saturated heterocycles. The van der Waals surface area contributed by atoms with Crippen molar-refractivity contribution in [2.45, 2.75) is 19.8 Å². The van der Waals surface area contributed by atoms with Gasteiger partial charge in [-0.1, -0.05) is 0 Å². The van der Waals surface area contributed by atoms with Crippen LogP contribution in [0.2, 0.25) is 0 Å². The van der Waals surface area contributed by atoms with Gasteiger partial charge in [-0.25, -0.2) is 13.2 Å². The summed E-state index contributed by atoms with van der Waals surface area (Å²) in [7, 11) is 0. The van der Waals surface area contributed by atoms with E-state index in [0.29, 0.717) is 39.6 Å². The Bertz CT molecular complexity index is 782. The fraction of sp³-hybridized carbons (Fsp3) is 0.636. The molecular weight excluding hydrogens is 503 g/mol. The maximum absolute atomic E-state index is 13.5. The van der Waals surface area contributed by atoms with E-state index in [0.717, 1.165) is 0 Å². The van der Waals surface area contributed by atoms with Crippen LogP contribution in [-0.2, 0) is 38.0 Å². The predicted octanol–water partition coefficient (Wildman–Crippen LogP) is 2.71. The molecule has 0 aliphatic rings. The van der Waals surface area contributed by atoms with Gasteiger partial charge in [0.25, 0.3) is 0 Å². The topological polar surface area (TPSA) is 98.8 Å². The van der Waals surface area contributed by atoms with Crippen LogP contribution in [0, 0.1) is 29.1 Å². The second-order valence-electron chi connectivity index (χ2n) is 6.74. The van der Waals surface area contributed by atoms with Gasteiger partial charge in [0.2, 0.25) is 34.8 Å². The van der Waals surface area contributed by atoms with Gasteiger partial charge in [-0.15, -0.1) is 0 Å². The van der Waals surface area contributed by atoms with Gasteiger partial charge in [-0.2, -0.15) is 8.78 Å². The maximum Gasteiger partial charge on any atom is 0.313 e. The molecule has 0 atom stereocenters. The third-order valence-electron chi connectivity index (χ3n) is 4.08. The standard InChI is InChI=1S/C22H29F5O9/c1-2-35-15(28)3-5-30-7-9-32-11-13-34-14-12-33-10-8-31-6-4-16(29)36-22-20(26)18(24)17(23)19(25)21(22)27/h2-14H2,1H3. The normalized spacial score (nSPS) is 11.1. The van der Waals surface area contributed by atoms with E-state index in [2.05, 4.69) is 4.74 Å². The van der Waals surface area contributed by atoms with Crippen LogP contribution < -0.4 is 4.74 Å². The number of rotatable bonds is 20. The smallest absolute Gasteiger partial charge is 0.313 e. The lowest BCUT2D eigenvalue weighted by Gasteiger charge is -2.09. The van der Waals surface area contributed by atoms with Gasteiger partial charge in [0.15, 0.2) is 0 Å². The van der Waals surface area contributed by atoms with Gasteiger partial charge in [0.05, 0.1) is 85.5 Å². The quantitative estimate of drug-likeness (QED) is 0.0627. The summed E-state index contributed by atoms with van der Waals surface area (Å²) in [5.74, 6) is -14.5. The van der Waals surface area contributed by atoms with Crippen molar-refractivity contribution in [3.63, 3.8) is 0 Å². The molecule has 0 radical (unpaired) electrons. The molecule has 0 spiro atoms. The average Bonchev–Trinajstić information content (AvgIpc) is 2.86. The maximum atomic E-state index is 13.5. The van der Waals surface area contributed by atoms with E-state index in [1.807, 2.05) is 0 Å². The van der Waals surface area contributed by atoms with Gasteiger partial charge in [-0.05, 0) is 6.92 Å². The van der Waals surface area contributed by atoms with E-state index in [9.17, 15) is 31.5 Å². The lowest BCUT2D eigenvalue weighted by atomic mass is 10.2. The Kier molecular flexibility index (Phi) is 16.5. The van der Waals surface area contributed by atoms with Gasteiger partial charge < -0.3 is 33.2 Å². The number of carbonyl (C=O) groups is 2. The molecule has 1 aromatic carbocycles. The van der Waals surface area contributed by atoms with Gasteiger partial charge in [0.1, 0.15) is 0 Å². The molecule has 9 nitrogen and oxygen atoms in total. The zero-order valence-corrected chi connectivity index (χ0v) is 19.8. The molecule has 0 unspecified atom stereocenters. The number of esters is 2. The van der Waals surface area contributed by atoms with Crippen molar-refractivity contribution in [3.8, 4) is 5.75 Å². The van der Waals surface area contributed by atoms with Crippen LogP contribution in [0.3, 0.4) is 0 Å². The Hall–Kier alpha value is -2.39. The first-order valence-electron chi connectivity index (χ1n) is 11.1. The molecular formula is C22H29F5O9. The minimum atomic E-state index is -2.35. The van der Waals surface area contributed by atoms with E-state index in [1.54, 1.807) is 6.92 Å². The summed E-state index contributed by atoms with van der Waals surface area (Å²) in [5, 5.41) is 0. The highest BCUT2D eigenvalue weighted by Gasteiger charge is 2.28. The number of halogens is 5. The van der Waals surface area contributed by atoms with Crippen LogP contribution in [0.4, 0.5) is 22.0 Å². The molecule has 0 aliphatic carbocycles. The summed E-state index contributed by atoms with van der Waals surface area (Å²) >= 11 is 0. The lowest BCUT2D eigenvalue weighted by molar-refractivity contribution is -0.144. The summed E-state index contributed by atoms with van der Waals surface area (Å²) in [6, 6.07) is 0. The molecule has 0 fully saturated rings. The lowest BCUT2D eigenvalue weighted by Crippen LogP contribution is -2.16. The second kappa shape index (κ2) is 18.8. The number of benzene rings is 1. The van der Waals surface area contributed by atoms with Crippen LogP contribution >= 0.6 is 0 Å². The van der Waals surface area contributed by atoms with Gasteiger partial charge in [-0.3, -0.25) is 9.59 Å². The molecule has 0 aromatic heterocycles. The Morgan fingerprint density at radius 2 is 0.861 bits per heavy atom. The predicted molar refractivity (Wildman–Crippen MR) is 112 cm³/mol. The summed E-state index contributed by atoms with van der Waals surface area (Å²) in [6.45, 7) is 4.31. The van der Waals surface area contributed by atoms with Crippen LogP contribution in [-0.4, -0.2) is 84.6 Å². The molecule has 0 amide bonds. The molecule has 1 rings (SSSR count). The number of carbonyl (C=O) groups excluding carboxylic acids is 2. The number of hydrogen-bond donors (Lipinski definition) is 0. The first-order valence-corrected chi connectivity index (χ1v) is 11.1. The van der Waals surface area contributed by atoms with Crippen molar-refractivity contribution >= 4 is 11.9 Å². The van der Waals surface area contributed by atoms with Crippen LogP contribution in [0.15, 0.2) is 0 Å². The second-order valence-corrected chi connectivity index (χ2v) is 6.74. The van der Waals surface area contributed by atoms with Crippen molar-refractivity contribution in [1.82, 2.24) is 0 Å². The molecule has 0 heterocycles. The summed E-state index contributed by atoms with van der Waals surface area (Å²) in [4.78, 5) is 22.6. The Labute approximate surface area is 204 Å². The van der Waals surface area contributed by atoms with Gasteiger partial charge >= 0.3 is 11.9 Å². The van der Waals surface area contributed by atoms with E-state index in [1.165, 1.54) is 0 Å². The Morgan fingerprint density at radius 1 is 0.528 bits per heavy atom. The van der Waals surface area contributed by atoms with Crippen LogP contribution in [0.25, 0.3) is 0 Å². The first-order chi connectivity index (χ1) is 17.3. The molecule has 0 aliphatic heterocycles. The van der Waals surface area contributed by atoms with Crippen molar-refractivity contribution in [3.05, 3.63) is 29.1 Å². The SMILES string of the molecule is CCOC(=O)CCOCCOCCOCCOCCOCCC(=O)Oc1c(F)c(F)c(F)c(F)c1F. The van der Waals surface area contributed by atoms with Crippen molar-refractivity contribution in [2.75, 3.05) is 72.7 Å². The zero-order chi connectivity index (χ0) is 26.8. The number of hydrogen-bond acceptors (Lipinski definition) is 9. The first kappa shape index (κ1) is 31.6. The van der Waals surface area contributed by atoms with Crippen LogP contribution in [0.1, 0.15) is 19.8 Å².